The summed E-state index contributed by atoms with van der Waals surface area (Å²) in [5.74, 6) is 1.66. The van der Waals surface area contributed by atoms with E-state index in [-0.39, 0.29) is 0 Å². The largest absolute Gasteiger partial charge is 0.326 e. The van der Waals surface area contributed by atoms with Crippen LogP contribution in [0.5, 0.6) is 0 Å². The Bertz CT molecular complexity index is 861. The summed E-state index contributed by atoms with van der Waals surface area (Å²) in [6.07, 6.45) is 0. The van der Waals surface area contributed by atoms with E-state index in [9.17, 15) is 0 Å². The molecule has 0 atom stereocenters. The highest BCUT2D eigenvalue weighted by Gasteiger charge is 2.15. The quantitative estimate of drug-likeness (QED) is 0.597. The minimum atomic E-state index is 0.738. The molecule has 0 bridgehead atoms. The Morgan fingerprint density at radius 3 is 2.08 bits per heavy atom. The topological polar surface area (TPSA) is 32.3 Å². The number of hydrogen-bond acceptors (Lipinski definition) is 4. The van der Waals surface area contributed by atoms with Crippen LogP contribution in [-0.2, 0) is 0 Å². The molecule has 0 fully saturated rings. The normalized spacial score (nSPS) is 10.6. The molecule has 4 heteroatoms. The third-order valence-corrected chi connectivity index (χ3v) is 4.36. The van der Waals surface area contributed by atoms with Crippen LogP contribution < -0.4 is 9.80 Å². The Balaban J connectivity index is 2.04. The second-order valence-electron chi connectivity index (χ2n) is 6.33. The summed E-state index contributed by atoms with van der Waals surface area (Å²) in [7, 11) is 0. The molecule has 0 aliphatic carbocycles. The molecule has 0 N–H and O–H groups in total. The Morgan fingerprint density at radius 1 is 0.731 bits per heavy atom. The first-order valence-corrected chi connectivity index (χ1v) is 9.14. The summed E-state index contributed by atoms with van der Waals surface area (Å²) in [5, 5.41) is 0. The maximum atomic E-state index is 4.90. The maximum absolute atomic E-state index is 4.90. The van der Waals surface area contributed by atoms with Crippen LogP contribution in [-0.4, -0.2) is 23.1 Å². The minimum Gasteiger partial charge on any atom is -0.326 e. The van der Waals surface area contributed by atoms with E-state index in [1.165, 1.54) is 5.56 Å². The van der Waals surface area contributed by atoms with Crippen LogP contribution in [0.2, 0.25) is 0 Å². The zero-order valence-corrected chi connectivity index (χ0v) is 16.0. The standard InChI is InChI=1S/C22H26N4/c1-5-25(19-12-8-7-9-13-19)21-16-18(4)23-22(24-21)26(6-2)20-14-10-11-17(3)15-20/h7-16H,5-6H2,1-4H3. The first kappa shape index (κ1) is 17.9. The van der Waals surface area contributed by atoms with E-state index in [2.05, 4.69) is 79.1 Å². The summed E-state index contributed by atoms with van der Waals surface area (Å²) in [5.41, 5.74) is 4.45. The molecule has 3 rings (SSSR count). The first-order valence-electron chi connectivity index (χ1n) is 9.14. The molecule has 0 unspecified atom stereocenters. The summed E-state index contributed by atoms with van der Waals surface area (Å²) in [6.45, 7) is 10.1. The van der Waals surface area contributed by atoms with Crippen molar-refractivity contribution in [2.75, 3.05) is 22.9 Å². The SMILES string of the molecule is CCN(c1ccccc1)c1cc(C)nc(N(CC)c2cccc(C)c2)n1. The molecule has 0 saturated carbocycles. The lowest BCUT2D eigenvalue weighted by atomic mass is 10.2. The van der Waals surface area contributed by atoms with Crippen LogP contribution in [0.3, 0.4) is 0 Å². The molecule has 0 saturated heterocycles. The van der Waals surface area contributed by atoms with Crippen LogP contribution in [0.4, 0.5) is 23.1 Å². The van der Waals surface area contributed by atoms with Gasteiger partial charge in [-0.3, -0.25) is 0 Å². The minimum absolute atomic E-state index is 0.738. The Labute approximate surface area is 156 Å². The highest BCUT2D eigenvalue weighted by atomic mass is 15.3. The number of benzene rings is 2. The van der Waals surface area contributed by atoms with Crippen LogP contribution >= 0.6 is 0 Å². The van der Waals surface area contributed by atoms with E-state index in [4.69, 9.17) is 9.97 Å². The van der Waals surface area contributed by atoms with Crippen molar-refractivity contribution in [2.45, 2.75) is 27.7 Å². The van der Waals surface area contributed by atoms with Crippen LogP contribution in [0.15, 0.2) is 60.7 Å². The van der Waals surface area contributed by atoms with Gasteiger partial charge in [0.15, 0.2) is 0 Å². The van der Waals surface area contributed by atoms with Crippen molar-refractivity contribution >= 4 is 23.1 Å². The molecule has 3 aromatic rings. The van der Waals surface area contributed by atoms with Gasteiger partial charge in [-0.05, 0) is 57.5 Å². The zero-order chi connectivity index (χ0) is 18.5. The maximum Gasteiger partial charge on any atom is 0.232 e. The Kier molecular flexibility index (Phi) is 5.52. The lowest BCUT2D eigenvalue weighted by Crippen LogP contribution is -2.22. The highest BCUT2D eigenvalue weighted by molar-refractivity contribution is 5.64. The third kappa shape index (κ3) is 3.85. The van der Waals surface area contributed by atoms with Crippen molar-refractivity contribution in [3.05, 3.63) is 71.9 Å². The van der Waals surface area contributed by atoms with Gasteiger partial charge in [0.05, 0.1) is 0 Å². The second-order valence-corrected chi connectivity index (χ2v) is 6.33. The smallest absolute Gasteiger partial charge is 0.232 e. The fourth-order valence-electron chi connectivity index (χ4n) is 3.12. The molecule has 0 radical (unpaired) electrons. The van der Waals surface area contributed by atoms with E-state index in [0.717, 1.165) is 41.9 Å². The van der Waals surface area contributed by atoms with Gasteiger partial charge in [0.1, 0.15) is 5.82 Å². The predicted octanol–water partition coefficient (Wildman–Crippen LogP) is 5.41. The van der Waals surface area contributed by atoms with Crippen molar-refractivity contribution in [2.24, 2.45) is 0 Å². The molecular formula is C22H26N4. The van der Waals surface area contributed by atoms with Gasteiger partial charge in [-0.15, -0.1) is 0 Å². The van der Waals surface area contributed by atoms with Crippen molar-refractivity contribution in [1.29, 1.82) is 0 Å². The van der Waals surface area contributed by atoms with Crippen molar-refractivity contribution < 1.29 is 0 Å². The van der Waals surface area contributed by atoms with Crippen molar-refractivity contribution in [3.63, 3.8) is 0 Å². The average Bonchev–Trinajstić information content (AvgIpc) is 2.64. The number of para-hydroxylation sites is 1. The monoisotopic (exact) mass is 346 g/mol. The second kappa shape index (κ2) is 8.00. The van der Waals surface area contributed by atoms with Gasteiger partial charge in [0.25, 0.3) is 0 Å². The van der Waals surface area contributed by atoms with Crippen molar-refractivity contribution in [1.82, 2.24) is 9.97 Å². The van der Waals surface area contributed by atoms with E-state index < -0.39 is 0 Å². The molecular weight excluding hydrogens is 320 g/mol. The van der Waals surface area contributed by atoms with Crippen LogP contribution in [0, 0.1) is 13.8 Å². The number of aryl methyl sites for hydroxylation is 2. The molecule has 0 spiro atoms. The number of anilines is 4. The van der Waals surface area contributed by atoms with E-state index >= 15 is 0 Å². The van der Waals surface area contributed by atoms with Gasteiger partial charge >= 0.3 is 0 Å². The summed E-state index contributed by atoms with van der Waals surface area (Å²) < 4.78 is 0. The molecule has 1 heterocycles. The van der Waals surface area contributed by atoms with E-state index in [1.54, 1.807) is 0 Å². The molecule has 1 aromatic heterocycles. The van der Waals surface area contributed by atoms with Gasteiger partial charge in [-0.1, -0.05) is 30.3 Å². The fourth-order valence-corrected chi connectivity index (χ4v) is 3.12. The molecule has 26 heavy (non-hydrogen) atoms. The lowest BCUT2D eigenvalue weighted by molar-refractivity contribution is 0.908. The van der Waals surface area contributed by atoms with Crippen LogP contribution in [0.1, 0.15) is 25.1 Å². The summed E-state index contributed by atoms with van der Waals surface area (Å²) >= 11 is 0. The number of aromatic nitrogens is 2. The number of hydrogen-bond donors (Lipinski definition) is 0. The van der Waals surface area contributed by atoms with Crippen LogP contribution in [0.25, 0.3) is 0 Å². The number of rotatable bonds is 6. The first-order chi connectivity index (χ1) is 12.6. The predicted molar refractivity (Wildman–Crippen MR) is 110 cm³/mol. The molecule has 4 nitrogen and oxygen atoms in total. The lowest BCUT2D eigenvalue weighted by Gasteiger charge is -2.26. The van der Waals surface area contributed by atoms with Gasteiger partial charge in [-0.25, -0.2) is 4.98 Å². The van der Waals surface area contributed by atoms with Gasteiger partial charge < -0.3 is 9.80 Å². The Hall–Kier alpha value is -2.88. The molecule has 0 amide bonds. The average molecular weight is 346 g/mol. The molecule has 0 aliphatic heterocycles. The third-order valence-electron chi connectivity index (χ3n) is 4.36. The van der Waals surface area contributed by atoms with Gasteiger partial charge in [0, 0.05) is 36.2 Å². The summed E-state index contributed by atoms with van der Waals surface area (Å²) in [6, 6.07) is 20.9. The zero-order valence-electron chi connectivity index (χ0n) is 16.0. The van der Waals surface area contributed by atoms with E-state index in [1.807, 2.05) is 19.1 Å². The highest BCUT2D eigenvalue weighted by Crippen LogP contribution is 2.28. The fraction of sp³-hybridized carbons (Fsp3) is 0.273. The van der Waals surface area contributed by atoms with Crippen molar-refractivity contribution in [3.8, 4) is 0 Å². The number of nitrogens with zero attached hydrogens (tertiary/aromatic N) is 4. The molecule has 0 aliphatic rings. The molecule has 134 valence electrons. The Morgan fingerprint density at radius 2 is 1.42 bits per heavy atom. The summed E-state index contributed by atoms with van der Waals surface area (Å²) in [4.78, 5) is 14.0. The molecule has 2 aromatic carbocycles. The van der Waals surface area contributed by atoms with Gasteiger partial charge in [0.2, 0.25) is 5.95 Å². The van der Waals surface area contributed by atoms with Gasteiger partial charge in [-0.2, -0.15) is 4.98 Å². The van der Waals surface area contributed by atoms with E-state index in [0.29, 0.717) is 0 Å².